The summed E-state index contributed by atoms with van der Waals surface area (Å²) in [5.74, 6) is 2.13. The molecule has 1 aliphatic heterocycles. The number of esters is 1. The first-order valence-electron chi connectivity index (χ1n) is 8.54. The molecule has 0 fully saturated rings. The topological polar surface area (TPSA) is 81.2 Å². The van der Waals surface area contributed by atoms with Crippen LogP contribution in [-0.4, -0.2) is 45.3 Å². The second-order valence-electron chi connectivity index (χ2n) is 5.81. The number of carbonyl (C=O) groups is 1. The van der Waals surface area contributed by atoms with Gasteiger partial charge in [-0.2, -0.15) is 0 Å². The molecule has 0 saturated carbocycles. The van der Waals surface area contributed by atoms with Gasteiger partial charge in [-0.3, -0.25) is 9.79 Å². The third kappa shape index (κ3) is 5.27. The molecule has 1 unspecified atom stereocenters. The number of carbonyl (C=O) groups excluding carboxylic acids is 1. The van der Waals surface area contributed by atoms with E-state index in [1.54, 1.807) is 7.05 Å². The van der Waals surface area contributed by atoms with Crippen LogP contribution in [0.2, 0.25) is 0 Å². The third-order valence-corrected chi connectivity index (χ3v) is 3.90. The van der Waals surface area contributed by atoms with Crippen LogP contribution in [-0.2, 0) is 22.5 Å². The highest BCUT2D eigenvalue weighted by atomic mass is 16.5. The van der Waals surface area contributed by atoms with Crippen molar-refractivity contribution in [3.8, 4) is 11.5 Å². The van der Waals surface area contributed by atoms with Gasteiger partial charge in [0.2, 0.25) is 0 Å². The fourth-order valence-electron chi connectivity index (χ4n) is 2.69. The lowest BCUT2D eigenvalue weighted by molar-refractivity contribution is -0.140. The Hall–Kier alpha value is -2.44. The number of guanidine groups is 1. The predicted molar refractivity (Wildman–Crippen MR) is 96.2 cm³/mol. The van der Waals surface area contributed by atoms with Crippen molar-refractivity contribution in [2.45, 2.75) is 39.3 Å². The maximum absolute atomic E-state index is 11.2. The van der Waals surface area contributed by atoms with E-state index in [0.717, 1.165) is 23.5 Å². The minimum atomic E-state index is -0.258. The van der Waals surface area contributed by atoms with E-state index in [0.29, 0.717) is 25.7 Å². The van der Waals surface area contributed by atoms with Gasteiger partial charge in [-0.1, -0.05) is 0 Å². The zero-order valence-corrected chi connectivity index (χ0v) is 15.3. The molecule has 1 aromatic carbocycles. The first-order chi connectivity index (χ1) is 12.1. The number of methoxy groups -OCH3 is 1. The molecule has 0 bridgehead atoms. The summed E-state index contributed by atoms with van der Waals surface area (Å²) in [5.41, 5.74) is 2.19. The van der Waals surface area contributed by atoms with Gasteiger partial charge in [-0.25, -0.2) is 0 Å². The average molecular weight is 349 g/mol. The molecule has 0 aromatic heterocycles. The van der Waals surface area contributed by atoms with Crippen molar-refractivity contribution in [2.75, 3.05) is 27.3 Å². The first-order valence-corrected chi connectivity index (χ1v) is 8.54. The molecule has 2 N–H and O–H groups in total. The third-order valence-electron chi connectivity index (χ3n) is 3.90. The van der Waals surface area contributed by atoms with E-state index in [-0.39, 0.29) is 18.5 Å². The number of aliphatic imine (C=N–C) groups is 1. The van der Waals surface area contributed by atoms with Crippen LogP contribution in [0.5, 0.6) is 11.5 Å². The van der Waals surface area contributed by atoms with Crippen LogP contribution in [0.1, 0.15) is 31.4 Å². The summed E-state index contributed by atoms with van der Waals surface area (Å²) in [6, 6.07) is 4.09. The lowest BCUT2D eigenvalue weighted by atomic mass is 10.1. The van der Waals surface area contributed by atoms with Gasteiger partial charge in [0.25, 0.3) is 0 Å². The van der Waals surface area contributed by atoms with Crippen LogP contribution in [0.4, 0.5) is 0 Å². The Morgan fingerprint density at radius 2 is 2.20 bits per heavy atom. The van der Waals surface area contributed by atoms with Crippen LogP contribution in [0, 0.1) is 0 Å². The highest BCUT2D eigenvalue weighted by molar-refractivity contribution is 5.80. The maximum Gasteiger partial charge on any atom is 0.307 e. The number of nitrogens with one attached hydrogen (secondary N) is 2. The van der Waals surface area contributed by atoms with Crippen molar-refractivity contribution in [1.29, 1.82) is 0 Å². The molecule has 7 heteroatoms. The van der Waals surface area contributed by atoms with Gasteiger partial charge in [0, 0.05) is 37.7 Å². The van der Waals surface area contributed by atoms with Crippen LogP contribution < -0.4 is 20.1 Å². The summed E-state index contributed by atoms with van der Waals surface area (Å²) in [7, 11) is 3.06. The number of nitrogens with zero attached hydrogens (tertiary/aromatic N) is 1. The Morgan fingerprint density at radius 3 is 2.88 bits per heavy atom. The number of benzene rings is 1. The fraction of sp³-hybridized carbons (Fsp3) is 0.556. The number of hydrogen-bond acceptors (Lipinski definition) is 5. The summed E-state index contributed by atoms with van der Waals surface area (Å²) >= 11 is 0. The standard InChI is InChI=1S/C18H27N3O4/c1-5-24-15-9-13-8-12(2)25-16(13)10-14(15)11-21-18(19-3)20-7-6-17(22)23-4/h9-10,12H,5-8,11H2,1-4H3,(H2,19,20,21). The van der Waals surface area contributed by atoms with Crippen molar-refractivity contribution in [1.82, 2.24) is 10.6 Å². The van der Waals surface area contributed by atoms with Crippen LogP contribution in [0.25, 0.3) is 0 Å². The maximum atomic E-state index is 11.2. The summed E-state index contributed by atoms with van der Waals surface area (Å²) in [4.78, 5) is 15.3. The zero-order chi connectivity index (χ0) is 18.2. The quantitative estimate of drug-likeness (QED) is 0.442. The molecule has 7 nitrogen and oxygen atoms in total. The van der Waals surface area contributed by atoms with E-state index in [2.05, 4.69) is 33.4 Å². The Balaban J connectivity index is 1.98. The molecular weight excluding hydrogens is 322 g/mol. The molecule has 0 radical (unpaired) electrons. The molecule has 0 amide bonds. The molecule has 2 rings (SSSR count). The van der Waals surface area contributed by atoms with Gasteiger partial charge < -0.3 is 24.8 Å². The number of hydrogen-bond donors (Lipinski definition) is 2. The lowest BCUT2D eigenvalue weighted by Crippen LogP contribution is -2.38. The molecular formula is C18H27N3O4. The van der Waals surface area contributed by atoms with Gasteiger partial charge in [-0.15, -0.1) is 0 Å². The smallest absolute Gasteiger partial charge is 0.307 e. The largest absolute Gasteiger partial charge is 0.494 e. The minimum absolute atomic E-state index is 0.195. The molecule has 138 valence electrons. The van der Waals surface area contributed by atoms with Crippen LogP contribution in [0.15, 0.2) is 17.1 Å². The molecule has 0 spiro atoms. The van der Waals surface area contributed by atoms with Gasteiger partial charge in [0.15, 0.2) is 5.96 Å². The Morgan fingerprint density at radius 1 is 1.40 bits per heavy atom. The van der Waals surface area contributed by atoms with E-state index in [1.165, 1.54) is 12.7 Å². The van der Waals surface area contributed by atoms with Crippen LogP contribution >= 0.6 is 0 Å². The summed E-state index contributed by atoms with van der Waals surface area (Å²) < 4.78 is 16.2. The first kappa shape index (κ1) is 18.9. The zero-order valence-electron chi connectivity index (χ0n) is 15.3. The van der Waals surface area contributed by atoms with Crippen LogP contribution in [0.3, 0.4) is 0 Å². The monoisotopic (exact) mass is 349 g/mol. The van der Waals surface area contributed by atoms with E-state index >= 15 is 0 Å². The number of rotatable bonds is 7. The fourth-order valence-corrected chi connectivity index (χ4v) is 2.69. The lowest BCUT2D eigenvalue weighted by Gasteiger charge is -2.15. The summed E-state index contributed by atoms with van der Waals surface area (Å²) in [6.07, 6.45) is 1.38. The highest BCUT2D eigenvalue weighted by Crippen LogP contribution is 2.35. The summed E-state index contributed by atoms with van der Waals surface area (Å²) in [5, 5.41) is 6.31. The van der Waals surface area contributed by atoms with Crippen molar-refractivity contribution < 1.29 is 19.0 Å². The molecule has 25 heavy (non-hydrogen) atoms. The second kappa shape index (κ2) is 9.15. The van der Waals surface area contributed by atoms with E-state index in [4.69, 9.17) is 9.47 Å². The van der Waals surface area contributed by atoms with Crippen molar-refractivity contribution in [2.24, 2.45) is 4.99 Å². The average Bonchev–Trinajstić information content (AvgIpc) is 2.96. The molecule has 0 aliphatic carbocycles. The molecule has 0 saturated heterocycles. The molecule has 1 heterocycles. The molecule has 1 atom stereocenters. The SMILES string of the molecule is CCOc1cc2c(cc1CNC(=NC)NCCC(=O)OC)OC(C)C2. The van der Waals surface area contributed by atoms with Gasteiger partial charge in [-0.05, 0) is 26.0 Å². The van der Waals surface area contributed by atoms with E-state index in [1.807, 2.05) is 13.0 Å². The number of ether oxygens (including phenoxy) is 3. The van der Waals surface area contributed by atoms with E-state index < -0.39 is 0 Å². The normalized spacial score (nSPS) is 16.0. The van der Waals surface area contributed by atoms with Crippen molar-refractivity contribution >= 4 is 11.9 Å². The van der Waals surface area contributed by atoms with Crippen molar-refractivity contribution in [3.63, 3.8) is 0 Å². The predicted octanol–water partition coefficient (Wildman–Crippen LogP) is 1.64. The number of fused-ring (bicyclic) bond motifs is 1. The van der Waals surface area contributed by atoms with E-state index in [9.17, 15) is 4.79 Å². The molecule has 1 aromatic rings. The van der Waals surface area contributed by atoms with Gasteiger partial charge in [0.1, 0.15) is 17.6 Å². The molecule has 1 aliphatic rings. The second-order valence-corrected chi connectivity index (χ2v) is 5.81. The summed E-state index contributed by atoms with van der Waals surface area (Å²) in [6.45, 7) is 5.63. The minimum Gasteiger partial charge on any atom is -0.494 e. The van der Waals surface area contributed by atoms with Crippen molar-refractivity contribution in [3.05, 3.63) is 23.3 Å². The Kier molecular flexibility index (Phi) is 6.91. The Labute approximate surface area is 148 Å². The highest BCUT2D eigenvalue weighted by Gasteiger charge is 2.21. The van der Waals surface area contributed by atoms with Gasteiger partial charge >= 0.3 is 5.97 Å². The van der Waals surface area contributed by atoms with Gasteiger partial charge in [0.05, 0.1) is 20.1 Å². The Bertz CT molecular complexity index is 631.